The Morgan fingerprint density at radius 3 is 2.81 bits per heavy atom. The molecule has 0 amide bonds. The molecule has 1 aliphatic carbocycles. The van der Waals surface area contributed by atoms with E-state index in [1.54, 1.807) is 6.26 Å². The molecule has 0 aliphatic heterocycles. The fourth-order valence-electron chi connectivity index (χ4n) is 2.63. The Hall–Kier alpha value is -2.34. The predicted octanol–water partition coefficient (Wildman–Crippen LogP) is 3.52. The number of nitrogens with one attached hydrogen (secondary N) is 2. The number of aryl methyl sites for hydroxylation is 1. The van der Waals surface area contributed by atoms with Gasteiger partial charge in [0.2, 0.25) is 5.89 Å². The smallest absolute Gasteiger partial charge is 0.226 e. The zero-order chi connectivity index (χ0) is 18.9. The van der Waals surface area contributed by atoms with Gasteiger partial charge in [0, 0.05) is 31.9 Å². The van der Waals surface area contributed by atoms with Crippen molar-refractivity contribution >= 4 is 5.96 Å². The summed E-state index contributed by atoms with van der Waals surface area (Å²) in [6, 6.07) is 8.15. The Labute approximate surface area is 161 Å². The largest absolute Gasteiger partial charge is 0.444 e. The molecule has 6 heteroatoms. The molecule has 2 N–H and O–H groups in total. The van der Waals surface area contributed by atoms with E-state index in [1.165, 1.54) is 18.4 Å². The molecule has 1 saturated carbocycles. The van der Waals surface area contributed by atoms with Gasteiger partial charge in [0.05, 0.1) is 6.54 Å². The first-order chi connectivity index (χ1) is 13.2. The maximum atomic E-state index is 5.66. The van der Waals surface area contributed by atoms with Crippen LogP contribution in [-0.4, -0.2) is 37.2 Å². The predicted molar refractivity (Wildman–Crippen MR) is 108 cm³/mol. The molecule has 0 saturated heterocycles. The lowest BCUT2D eigenvalue weighted by molar-refractivity contribution is 0.123. The van der Waals surface area contributed by atoms with E-state index in [0.29, 0.717) is 12.4 Å². The van der Waals surface area contributed by atoms with Crippen LogP contribution >= 0.6 is 0 Å². The summed E-state index contributed by atoms with van der Waals surface area (Å²) in [5.41, 5.74) is 3.01. The van der Waals surface area contributed by atoms with Gasteiger partial charge in [-0.1, -0.05) is 17.7 Å². The minimum atomic E-state index is 0.475. The molecule has 0 bridgehead atoms. The second kappa shape index (κ2) is 10.1. The van der Waals surface area contributed by atoms with Gasteiger partial charge in [0.1, 0.15) is 12.0 Å². The van der Waals surface area contributed by atoms with Gasteiger partial charge in [-0.2, -0.15) is 0 Å². The number of aromatic nitrogens is 1. The van der Waals surface area contributed by atoms with E-state index in [0.717, 1.165) is 55.9 Å². The molecule has 0 unspecified atom stereocenters. The number of oxazole rings is 1. The number of rotatable bonds is 10. The van der Waals surface area contributed by atoms with Gasteiger partial charge in [0.15, 0.2) is 5.96 Å². The van der Waals surface area contributed by atoms with E-state index in [2.05, 4.69) is 46.6 Å². The Kier molecular flexibility index (Phi) is 7.27. The molecule has 0 atom stereocenters. The monoisotopic (exact) mass is 370 g/mol. The van der Waals surface area contributed by atoms with E-state index in [9.17, 15) is 0 Å². The van der Waals surface area contributed by atoms with Crippen LogP contribution < -0.4 is 10.6 Å². The number of aliphatic imine (C=N–C) groups is 1. The molecule has 1 fully saturated rings. The first-order valence-corrected chi connectivity index (χ1v) is 9.86. The van der Waals surface area contributed by atoms with Crippen molar-refractivity contribution in [2.75, 3.05) is 26.3 Å². The molecule has 1 aromatic carbocycles. The summed E-state index contributed by atoms with van der Waals surface area (Å²) in [6.45, 7) is 7.97. The van der Waals surface area contributed by atoms with Gasteiger partial charge >= 0.3 is 0 Å². The average molecular weight is 370 g/mol. The van der Waals surface area contributed by atoms with Crippen molar-refractivity contribution in [2.45, 2.75) is 39.7 Å². The van der Waals surface area contributed by atoms with Gasteiger partial charge in [-0.25, -0.2) is 9.98 Å². The summed E-state index contributed by atoms with van der Waals surface area (Å²) in [4.78, 5) is 9.13. The molecule has 2 aromatic rings. The first kappa shape index (κ1) is 19.4. The summed E-state index contributed by atoms with van der Waals surface area (Å²) in [5.74, 6) is 2.25. The van der Waals surface area contributed by atoms with Crippen molar-refractivity contribution < 1.29 is 9.15 Å². The third-order valence-corrected chi connectivity index (χ3v) is 4.40. The molecule has 1 heterocycles. The van der Waals surface area contributed by atoms with Crippen molar-refractivity contribution in [1.29, 1.82) is 0 Å². The van der Waals surface area contributed by atoms with Crippen LogP contribution in [0.15, 0.2) is 39.9 Å². The second-order valence-electron chi connectivity index (χ2n) is 7.00. The maximum Gasteiger partial charge on any atom is 0.226 e. The van der Waals surface area contributed by atoms with E-state index in [4.69, 9.17) is 9.15 Å². The van der Waals surface area contributed by atoms with Crippen molar-refractivity contribution in [1.82, 2.24) is 15.6 Å². The van der Waals surface area contributed by atoms with Crippen LogP contribution in [0.4, 0.5) is 0 Å². The van der Waals surface area contributed by atoms with E-state index in [-0.39, 0.29) is 0 Å². The molecule has 1 aliphatic rings. The summed E-state index contributed by atoms with van der Waals surface area (Å²) in [5, 5.41) is 6.60. The molecule has 1 aromatic heterocycles. The highest BCUT2D eigenvalue weighted by molar-refractivity contribution is 5.79. The zero-order valence-corrected chi connectivity index (χ0v) is 16.3. The molecular weight excluding hydrogens is 340 g/mol. The van der Waals surface area contributed by atoms with Gasteiger partial charge < -0.3 is 19.8 Å². The lowest BCUT2D eigenvalue weighted by atomic mass is 10.1. The Morgan fingerprint density at radius 2 is 2.07 bits per heavy atom. The molecule has 146 valence electrons. The lowest BCUT2D eigenvalue weighted by Crippen LogP contribution is -2.38. The zero-order valence-electron chi connectivity index (χ0n) is 16.3. The fraction of sp³-hybridized carbons (Fsp3) is 0.524. The standard InChI is InChI=1S/C21H30N4O2/c1-3-22-21(23-11-4-12-26-14-17-7-8-17)24-13-19-15-27-20(25-19)18-9-5-16(2)6-10-18/h5-6,9-10,15,17H,3-4,7-8,11-14H2,1-2H3,(H2,22,23,24). The number of guanidine groups is 1. The van der Waals surface area contributed by atoms with Crippen LogP contribution in [0.2, 0.25) is 0 Å². The quantitative estimate of drug-likeness (QED) is 0.380. The average Bonchev–Trinajstić information content (AvgIpc) is 3.38. The highest BCUT2D eigenvalue weighted by Gasteiger charge is 2.20. The third kappa shape index (κ3) is 6.71. The summed E-state index contributed by atoms with van der Waals surface area (Å²) < 4.78 is 11.3. The van der Waals surface area contributed by atoms with E-state index in [1.807, 2.05) is 12.1 Å². The summed E-state index contributed by atoms with van der Waals surface area (Å²) in [7, 11) is 0. The first-order valence-electron chi connectivity index (χ1n) is 9.86. The van der Waals surface area contributed by atoms with Crippen LogP contribution in [0.25, 0.3) is 11.5 Å². The summed E-state index contributed by atoms with van der Waals surface area (Å²) in [6.07, 6.45) is 5.32. The third-order valence-electron chi connectivity index (χ3n) is 4.40. The van der Waals surface area contributed by atoms with Gasteiger partial charge in [-0.15, -0.1) is 0 Å². The SMILES string of the molecule is CCNC(=NCc1coc(-c2ccc(C)cc2)n1)NCCCOCC1CC1. The minimum Gasteiger partial charge on any atom is -0.444 e. The van der Waals surface area contributed by atoms with Gasteiger partial charge in [-0.3, -0.25) is 0 Å². The number of benzene rings is 1. The molecule has 3 rings (SSSR count). The highest BCUT2D eigenvalue weighted by atomic mass is 16.5. The molecular formula is C21H30N4O2. The van der Waals surface area contributed by atoms with Crippen molar-refractivity contribution in [3.63, 3.8) is 0 Å². The van der Waals surface area contributed by atoms with E-state index < -0.39 is 0 Å². The molecule has 0 spiro atoms. The van der Waals surface area contributed by atoms with Crippen LogP contribution in [0, 0.1) is 12.8 Å². The molecule has 27 heavy (non-hydrogen) atoms. The van der Waals surface area contributed by atoms with Crippen LogP contribution in [0.3, 0.4) is 0 Å². The molecule has 6 nitrogen and oxygen atoms in total. The second-order valence-corrected chi connectivity index (χ2v) is 7.00. The van der Waals surface area contributed by atoms with Gasteiger partial charge in [0.25, 0.3) is 0 Å². The highest BCUT2D eigenvalue weighted by Crippen LogP contribution is 2.28. The number of nitrogens with zero attached hydrogens (tertiary/aromatic N) is 2. The van der Waals surface area contributed by atoms with Gasteiger partial charge in [-0.05, 0) is 51.2 Å². The Bertz CT molecular complexity index is 720. The number of hydrogen-bond donors (Lipinski definition) is 2. The lowest BCUT2D eigenvalue weighted by Gasteiger charge is -2.11. The fourth-order valence-corrected chi connectivity index (χ4v) is 2.63. The van der Waals surface area contributed by atoms with Crippen LogP contribution in [-0.2, 0) is 11.3 Å². The van der Waals surface area contributed by atoms with Crippen molar-refractivity contribution in [3.05, 3.63) is 41.8 Å². The topological polar surface area (TPSA) is 71.7 Å². The van der Waals surface area contributed by atoms with Crippen LogP contribution in [0.1, 0.15) is 37.4 Å². The Balaban J connectivity index is 1.45. The van der Waals surface area contributed by atoms with E-state index >= 15 is 0 Å². The van der Waals surface area contributed by atoms with Crippen molar-refractivity contribution in [2.24, 2.45) is 10.9 Å². The molecule has 0 radical (unpaired) electrons. The maximum absolute atomic E-state index is 5.66. The Morgan fingerprint density at radius 1 is 1.26 bits per heavy atom. The summed E-state index contributed by atoms with van der Waals surface area (Å²) >= 11 is 0. The van der Waals surface area contributed by atoms with Crippen LogP contribution in [0.5, 0.6) is 0 Å². The normalized spacial score (nSPS) is 14.4. The minimum absolute atomic E-state index is 0.475. The van der Waals surface area contributed by atoms with Crippen molar-refractivity contribution in [3.8, 4) is 11.5 Å². The number of ether oxygens (including phenoxy) is 1. The number of hydrogen-bond acceptors (Lipinski definition) is 4.